The predicted octanol–water partition coefficient (Wildman–Crippen LogP) is 2.70. The van der Waals surface area contributed by atoms with Gasteiger partial charge in [-0.3, -0.25) is 0 Å². The van der Waals surface area contributed by atoms with E-state index in [2.05, 4.69) is 10.1 Å². The van der Waals surface area contributed by atoms with Crippen LogP contribution >= 0.6 is 0 Å². The Labute approximate surface area is 110 Å². The minimum absolute atomic E-state index is 0.521. The fourth-order valence-corrected chi connectivity index (χ4v) is 1.85. The van der Waals surface area contributed by atoms with Crippen molar-refractivity contribution in [1.29, 1.82) is 0 Å². The van der Waals surface area contributed by atoms with Crippen LogP contribution in [0.2, 0.25) is 0 Å². The summed E-state index contributed by atoms with van der Waals surface area (Å²) in [5, 5.41) is 3.95. The van der Waals surface area contributed by atoms with Crippen LogP contribution in [0.25, 0.3) is 11.4 Å². The van der Waals surface area contributed by atoms with Crippen molar-refractivity contribution in [2.45, 2.75) is 12.8 Å². The number of para-hydroxylation sites is 1. The summed E-state index contributed by atoms with van der Waals surface area (Å²) in [5.74, 6) is 2.00. The number of aromatic nitrogens is 2. The van der Waals surface area contributed by atoms with E-state index < -0.39 is 0 Å². The maximum absolute atomic E-state index is 5.88. The lowest BCUT2D eigenvalue weighted by atomic mass is 10.2. The minimum Gasteiger partial charge on any atom is -0.469 e. The van der Waals surface area contributed by atoms with Crippen LogP contribution in [0, 0.1) is 0 Å². The van der Waals surface area contributed by atoms with Crippen molar-refractivity contribution in [1.82, 2.24) is 10.1 Å². The number of anilines is 1. The highest BCUT2D eigenvalue weighted by Gasteiger charge is 2.11. The number of nitrogen functional groups attached to an aromatic ring is 1. The van der Waals surface area contributed by atoms with Gasteiger partial charge in [0.05, 0.1) is 6.26 Å². The first-order chi connectivity index (χ1) is 9.33. The molecule has 5 heteroatoms. The fraction of sp³-hybridized carbons (Fsp3) is 0.143. The van der Waals surface area contributed by atoms with Crippen molar-refractivity contribution >= 4 is 5.69 Å². The third-order valence-electron chi connectivity index (χ3n) is 2.84. The molecular formula is C14H13N3O2. The summed E-state index contributed by atoms with van der Waals surface area (Å²) in [4.78, 5) is 4.34. The van der Waals surface area contributed by atoms with Gasteiger partial charge in [0.25, 0.3) is 0 Å². The van der Waals surface area contributed by atoms with Crippen molar-refractivity contribution < 1.29 is 8.94 Å². The summed E-state index contributed by atoms with van der Waals surface area (Å²) in [6.45, 7) is 0. The molecule has 0 atom stereocenters. The summed E-state index contributed by atoms with van der Waals surface area (Å²) in [5.41, 5.74) is 7.30. The molecule has 2 heterocycles. The summed E-state index contributed by atoms with van der Waals surface area (Å²) in [7, 11) is 0. The van der Waals surface area contributed by atoms with E-state index in [9.17, 15) is 0 Å². The van der Waals surface area contributed by atoms with Crippen LogP contribution in [0.5, 0.6) is 0 Å². The number of hydrogen-bond acceptors (Lipinski definition) is 5. The van der Waals surface area contributed by atoms with Crippen LogP contribution < -0.4 is 5.73 Å². The van der Waals surface area contributed by atoms with Gasteiger partial charge in [-0.25, -0.2) is 0 Å². The quantitative estimate of drug-likeness (QED) is 0.725. The van der Waals surface area contributed by atoms with Crippen molar-refractivity contribution in [3.63, 3.8) is 0 Å². The Hall–Kier alpha value is -2.56. The van der Waals surface area contributed by atoms with Crippen LogP contribution in [0.15, 0.2) is 51.6 Å². The van der Waals surface area contributed by atoms with Crippen molar-refractivity contribution in [3.05, 3.63) is 54.3 Å². The first-order valence-electron chi connectivity index (χ1n) is 6.03. The number of nitrogens with two attached hydrogens (primary N) is 1. The molecular weight excluding hydrogens is 242 g/mol. The Morgan fingerprint density at radius 1 is 1.05 bits per heavy atom. The molecule has 0 saturated heterocycles. The van der Waals surface area contributed by atoms with Crippen LogP contribution in [-0.4, -0.2) is 10.1 Å². The van der Waals surface area contributed by atoms with E-state index in [0.717, 1.165) is 17.7 Å². The SMILES string of the molecule is Nc1ccccc1-c1noc(CCc2ccco2)n1. The van der Waals surface area contributed by atoms with Gasteiger partial charge < -0.3 is 14.7 Å². The van der Waals surface area contributed by atoms with Crippen LogP contribution in [0.4, 0.5) is 5.69 Å². The smallest absolute Gasteiger partial charge is 0.227 e. The molecule has 5 nitrogen and oxygen atoms in total. The van der Waals surface area contributed by atoms with Gasteiger partial charge in [-0.1, -0.05) is 17.3 Å². The standard InChI is InChI=1S/C14H13N3O2/c15-12-6-2-1-5-11(12)14-16-13(19-17-14)8-7-10-4-3-9-18-10/h1-6,9H,7-8,15H2. The highest BCUT2D eigenvalue weighted by atomic mass is 16.5. The van der Waals surface area contributed by atoms with E-state index in [1.807, 2.05) is 36.4 Å². The molecule has 3 aromatic rings. The Bertz CT molecular complexity index is 659. The molecule has 2 aromatic heterocycles. The van der Waals surface area contributed by atoms with Crippen LogP contribution in [0.1, 0.15) is 11.7 Å². The molecule has 0 fully saturated rings. The van der Waals surface area contributed by atoms with Gasteiger partial charge in [0.1, 0.15) is 5.76 Å². The summed E-state index contributed by atoms with van der Waals surface area (Å²) in [6, 6.07) is 11.2. The van der Waals surface area contributed by atoms with Crippen molar-refractivity contribution in [2.24, 2.45) is 0 Å². The molecule has 96 valence electrons. The molecule has 0 radical (unpaired) electrons. The topological polar surface area (TPSA) is 78.1 Å². The van der Waals surface area contributed by atoms with Crippen molar-refractivity contribution in [2.75, 3.05) is 5.73 Å². The molecule has 0 spiro atoms. The van der Waals surface area contributed by atoms with Crippen LogP contribution in [-0.2, 0) is 12.8 Å². The molecule has 0 aliphatic rings. The third-order valence-corrected chi connectivity index (χ3v) is 2.84. The molecule has 2 N–H and O–H groups in total. The molecule has 0 bridgehead atoms. The lowest BCUT2D eigenvalue weighted by Crippen LogP contribution is -1.92. The molecule has 0 aliphatic carbocycles. The Morgan fingerprint density at radius 2 is 1.95 bits per heavy atom. The lowest BCUT2D eigenvalue weighted by Gasteiger charge is -1.97. The highest BCUT2D eigenvalue weighted by Crippen LogP contribution is 2.22. The zero-order valence-corrected chi connectivity index (χ0v) is 10.2. The fourth-order valence-electron chi connectivity index (χ4n) is 1.85. The summed E-state index contributed by atoms with van der Waals surface area (Å²) in [6.07, 6.45) is 3.03. The molecule has 0 saturated carbocycles. The highest BCUT2D eigenvalue weighted by molar-refractivity contribution is 5.70. The number of rotatable bonds is 4. The Balaban J connectivity index is 1.75. The first kappa shape index (κ1) is 11.5. The monoisotopic (exact) mass is 255 g/mol. The van der Waals surface area contributed by atoms with E-state index in [4.69, 9.17) is 14.7 Å². The number of hydrogen-bond donors (Lipinski definition) is 1. The Morgan fingerprint density at radius 3 is 2.74 bits per heavy atom. The van der Waals surface area contributed by atoms with Gasteiger partial charge in [-0.2, -0.15) is 4.98 Å². The zero-order chi connectivity index (χ0) is 13.1. The Kier molecular flexibility index (Phi) is 3.02. The van der Waals surface area contributed by atoms with E-state index in [0.29, 0.717) is 23.8 Å². The molecule has 1 aromatic carbocycles. The van der Waals surface area contributed by atoms with Gasteiger partial charge in [0.15, 0.2) is 0 Å². The molecule has 19 heavy (non-hydrogen) atoms. The van der Waals surface area contributed by atoms with Gasteiger partial charge >= 0.3 is 0 Å². The second kappa shape index (κ2) is 4.97. The van der Waals surface area contributed by atoms with E-state index >= 15 is 0 Å². The second-order valence-corrected chi connectivity index (χ2v) is 4.18. The first-order valence-corrected chi connectivity index (χ1v) is 6.03. The number of benzene rings is 1. The van der Waals surface area contributed by atoms with Gasteiger partial charge in [-0.15, -0.1) is 0 Å². The molecule has 3 rings (SSSR count). The summed E-state index contributed by atoms with van der Waals surface area (Å²) < 4.78 is 10.5. The maximum Gasteiger partial charge on any atom is 0.227 e. The average Bonchev–Trinajstić information content (AvgIpc) is 3.08. The second-order valence-electron chi connectivity index (χ2n) is 4.18. The van der Waals surface area contributed by atoms with Crippen molar-refractivity contribution in [3.8, 4) is 11.4 Å². The van der Waals surface area contributed by atoms with E-state index in [1.165, 1.54) is 0 Å². The summed E-state index contributed by atoms with van der Waals surface area (Å²) >= 11 is 0. The lowest BCUT2D eigenvalue weighted by molar-refractivity contribution is 0.374. The van der Waals surface area contributed by atoms with Gasteiger partial charge in [0, 0.05) is 24.1 Å². The molecule has 0 aliphatic heterocycles. The van der Waals surface area contributed by atoms with E-state index in [1.54, 1.807) is 6.26 Å². The minimum atomic E-state index is 0.521. The number of aryl methyl sites for hydroxylation is 2. The normalized spacial score (nSPS) is 10.7. The van der Waals surface area contributed by atoms with Gasteiger partial charge in [0.2, 0.25) is 11.7 Å². The predicted molar refractivity (Wildman–Crippen MR) is 70.3 cm³/mol. The van der Waals surface area contributed by atoms with Crippen LogP contribution in [0.3, 0.4) is 0 Å². The average molecular weight is 255 g/mol. The van der Waals surface area contributed by atoms with Gasteiger partial charge in [-0.05, 0) is 24.3 Å². The number of furan rings is 1. The number of nitrogens with zero attached hydrogens (tertiary/aromatic N) is 2. The maximum atomic E-state index is 5.88. The molecule has 0 unspecified atom stereocenters. The van der Waals surface area contributed by atoms with E-state index in [-0.39, 0.29) is 0 Å². The largest absolute Gasteiger partial charge is 0.469 e. The molecule has 0 amide bonds. The zero-order valence-electron chi connectivity index (χ0n) is 10.2. The third kappa shape index (κ3) is 2.49.